The van der Waals surface area contributed by atoms with Crippen LogP contribution >= 0.6 is 7.82 Å². The predicted octanol–water partition coefficient (Wildman–Crippen LogP) is 23.8. The minimum absolute atomic E-state index is 0.0453. The van der Waals surface area contributed by atoms with Gasteiger partial charge in [-0.25, -0.2) is 0 Å². The van der Waals surface area contributed by atoms with Crippen LogP contribution in [0, 0.1) is 0 Å². The fourth-order valence-electron chi connectivity index (χ4n) is 10.0. The van der Waals surface area contributed by atoms with Crippen LogP contribution in [-0.4, -0.2) is 70.0 Å². The summed E-state index contributed by atoms with van der Waals surface area (Å²) in [6.45, 7) is 4.09. The second kappa shape index (κ2) is 69.5. The number of carbonyl (C=O) groups excluding carboxylic acids is 2. The first-order valence-corrected chi connectivity index (χ1v) is 38.4. The number of quaternary nitrogens is 1. The van der Waals surface area contributed by atoms with E-state index >= 15 is 0 Å². The molecule has 2 unspecified atom stereocenters. The van der Waals surface area contributed by atoms with Gasteiger partial charge < -0.3 is 27.9 Å². The number of phosphoric acid groups is 1. The van der Waals surface area contributed by atoms with Crippen molar-refractivity contribution < 1.29 is 42.1 Å². The van der Waals surface area contributed by atoms with E-state index in [-0.39, 0.29) is 26.1 Å². The van der Waals surface area contributed by atoms with Crippen LogP contribution in [0.4, 0.5) is 0 Å². The van der Waals surface area contributed by atoms with E-state index in [1.165, 1.54) is 180 Å². The maximum absolute atomic E-state index is 12.9. The van der Waals surface area contributed by atoms with Gasteiger partial charge in [-0.1, -0.05) is 314 Å². The van der Waals surface area contributed by atoms with E-state index in [9.17, 15) is 19.0 Å². The first-order chi connectivity index (χ1) is 44.0. The molecule has 0 rings (SSSR count). The van der Waals surface area contributed by atoms with E-state index in [4.69, 9.17) is 18.5 Å². The van der Waals surface area contributed by atoms with Crippen LogP contribution in [0.15, 0.2) is 134 Å². The van der Waals surface area contributed by atoms with Gasteiger partial charge in [-0.2, -0.15) is 0 Å². The Morgan fingerprint density at radius 1 is 0.356 bits per heavy atom. The molecule has 0 aromatic heterocycles. The summed E-state index contributed by atoms with van der Waals surface area (Å²) >= 11 is 0. The number of likely N-dealkylation sites (N-methyl/N-ethyl adjacent to an activating group) is 1. The zero-order valence-electron chi connectivity index (χ0n) is 58.8. The maximum Gasteiger partial charge on any atom is 0.306 e. The molecular weight excluding hydrogens is 1130 g/mol. The monoisotopic (exact) mass is 1270 g/mol. The Kier molecular flexibility index (Phi) is 66.5. The normalized spacial score (nSPS) is 13.9. The fraction of sp³-hybridized carbons (Fsp3) is 0.700. The molecule has 0 heterocycles. The van der Waals surface area contributed by atoms with Crippen LogP contribution in [0.3, 0.4) is 0 Å². The molecule has 10 heteroatoms. The van der Waals surface area contributed by atoms with Crippen molar-refractivity contribution in [2.75, 3.05) is 47.5 Å². The van der Waals surface area contributed by atoms with Gasteiger partial charge in [0.05, 0.1) is 27.7 Å². The molecule has 0 amide bonds. The Labute approximate surface area is 555 Å². The van der Waals surface area contributed by atoms with Gasteiger partial charge in [-0.15, -0.1) is 0 Å². The lowest BCUT2D eigenvalue weighted by Crippen LogP contribution is -2.37. The zero-order valence-corrected chi connectivity index (χ0v) is 59.7. The highest BCUT2D eigenvalue weighted by Gasteiger charge is 2.22. The number of unbranched alkanes of at least 4 members (excludes halogenated alkanes) is 31. The molecule has 0 aromatic carbocycles. The Balaban J connectivity index is 4.12. The summed E-state index contributed by atoms with van der Waals surface area (Å²) in [4.78, 5) is 38.1. The molecule has 0 aliphatic carbocycles. The lowest BCUT2D eigenvalue weighted by atomic mass is 10.0. The first-order valence-electron chi connectivity index (χ1n) is 36.9. The molecule has 0 saturated carbocycles. The molecule has 0 aliphatic heterocycles. The Morgan fingerprint density at radius 2 is 0.633 bits per heavy atom. The third kappa shape index (κ3) is 73.2. The van der Waals surface area contributed by atoms with E-state index < -0.39 is 32.5 Å². The van der Waals surface area contributed by atoms with Crippen LogP contribution in [0.1, 0.15) is 309 Å². The molecule has 0 spiro atoms. The summed E-state index contributed by atoms with van der Waals surface area (Å²) in [5.74, 6) is -0.883. The second-order valence-electron chi connectivity index (χ2n) is 25.6. The third-order valence-electron chi connectivity index (χ3n) is 15.7. The standard InChI is InChI=1S/C80H138NO8P/c1-6-8-10-12-14-16-18-20-22-24-26-28-30-32-34-36-38-40-42-44-46-48-50-52-54-56-58-60-62-64-66-68-70-72-79(82)86-76-78(77-88-90(84,85)87-75-74-81(3,4)5)89-80(83)73-71-69-67-65-63-61-59-57-55-53-51-49-47-45-43-41-39-37-35-33-31-29-27-25-23-21-19-17-15-13-11-9-7-2/h9,11,15,17,21,23-24,26-27,29,33,35,39,41,45,47,51,53,57,59,63,65,78H,6-8,10,12-14,16,18-20,22,25,28,30-32,34,36-38,40,42-44,46,48-50,52,54-56,58,60-62,64,66-77H2,1-5H3/b11-9-,17-15-,23-21-,26-24-,29-27-,35-33-,41-39-,47-45-,53-51-,59-57-,65-63-. The van der Waals surface area contributed by atoms with Gasteiger partial charge in [-0.3, -0.25) is 14.2 Å². The minimum atomic E-state index is -4.66. The molecule has 0 radical (unpaired) electrons. The topological polar surface area (TPSA) is 111 Å². The van der Waals surface area contributed by atoms with Crippen molar-refractivity contribution in [2.24, 2.45) is 0 Å². The fourth-order valence-corrected chi connectivity index (χ4v) is 10.8. The molecule has 2 atom stereocenters. The third-order valence-corrected chi connectivity index (χ3v) is 16.6. The highest BCUT2D eigenvalue weighted by molar-refractivity contribution is 7.45. The van der Waals surface area contributed by atoms with Gasteiger partial charge in [0.25, 0.3) is 7.82 Å². The first kappa shape index (κ1) is 86.2. The summed E-state index contributed by atoms with van der Waals surface area (Å²) in [7, 11) is 1.13. The molecule has 0 aromatic rings. The van der Waals surface area contributed by atoms with Crippen molar-refractivity contribution >= 4 is 19.8 Å². The second-order valence-corrected chi connectivity index (χ2v) is 27.0. The van der Waals surface area contributed by atoms with Gasteiger partial charge in [0.1, 0.15) is 19.8 Å². The number of nitrogens with zero attached hydrogens (tertiary/aromatic N) is 1. The van der Waals surface area contributed by atoms with Crippen molar-refractivity contribution in [3.8, 4) is 0 Å². The van der Waals surface area contributed by atoms with Crippen molar-refractivity contribution in [1.29, 1.82) is 0 Å². The number of hydrogen-bond donors (Lipinski definition) is 0. The zero-order chi connectivity index (χ0) is 65.5. The molecule has 9 nitrogen and oxygen atoms in total. The molecule has 0 N–H and O–H groups in total. The summed E-state index contributed by atoms with van der Waals surface area (Å²) in [6.07, 6.45) is 101. The highest BCUT2D eigenvalue weighted by Crippen LogP contribution is 2.38. The Morgan fingerprint density at radius 3 is 0.978 bits per heavy atom. The van der Waals surface area contributed by atoms with E-state index in [1.54, 1.807) is 0 Å². The average Bonchev–Trinajstić information content (AvgIpc) is 3.58. The van der Waals surface area contributed by atoms with Crippen LogP contribution in [0.2, 0.25) is 0 Å². The summed E-state index contributed by atoms with van der Waals surface area (Å²) in [5.41, 5.74) is 0. The van der Waals surface area contributed by atoms with Gasteiger partial charge in [0.15, 0.2) is 6.10 Å². The molecule has 0 fully saturated rings. The lowest BCUT2D eigenvalue weighted by molar-refractivity contribution is -0.870. The number of carbonyl (C=O) groups is 2. The van der Waals surface area contributed by atoms with Gasteiger partial charge in [0, 0.05) is 12.8 Å². The number of phosphoric ester groups is 1. The Hall–Kier alpha value is -3.85. The van der Waals surface area contributed by atoms with Crippen LogP contribution in [0.25, 0.3) is 0 Å². The lowest BCUT2D eigenvalue weighted by Gasteiger charge is -2.28. The van der Waals surface area contributed by atoms with Crippen molar-refractivity contribution in [3.05, 3.63) is 134 Å². The van der Waals surface area contributed by atoms with E-state index in [0.29, 0.717) is 17.4 Å². The molecule has 0 saturated heterocycles. The quantitative estimate of drug-likeness (QED) is 0.0195. The minimum Gasteiger partial charge on any atom is -0.756 e. The molecule has 0 aliphatic rings. The SMILES string of the molecule is CC/C=C\C/C=C\C/C=C\C/C=C\C/C=C\C/C=C\C/C=C\C/C=C\C/C=C\C/C=C\CCCCC(=O)OC(COC(=O)CCCCCCCCCCCCCCCCCCCCCCC/C=C\CCCCCCCCCC)COP(=O)([O-])OCC[N+](C)(C)C. The van der Waals surface area contributed by atoms with Gasteiger partial charge >= 0.3 is 11.9 Å². The number of esters is 2. The summed E-state index contributed by atoms with van der Waals surface area (Å²) < 4.78 is 34.3. The number of ether oxygens (including phenoxy) is 2. The van der Waals surface area contributed by atoms with Gasteiger partial charge in [0.2, 0.25) is 0 Å². The molecule has 516 valence electrons. The average molecular weight is 1270 g/mol. The smallest absolute Gasteiger partial charge is 0.306 e. The van der Waals surface area contributed by atoms with Crippen LogP contribution in [-0.2, 0) is 32.7 Å². The van der Waals surface area contributed by atoms with Crippen LogP contribution in [0.5, 0.6) is 0 Å². The van der Waals surface area contributed by atoms with Crippen molar-refractivity contribution in [1.82, 2.24) is 0 Å². The number of allylic oxidation sites excluding steroid dienone is 22. The van der Waals surface area contributed by atoms with Crippen molar-refractivity contribution in [2.45, 2.75) is 315 Å². The molecule has 0 bridgehead atoms. The summed E-state index contributed by atoms with van der Waals surface area (Å²) in [6, 6.07) is 0. The van der Waals surface area contributed by atoms with Gasteiger partial charge in [-0.05, 0) is 116 Å². The maximum atomic E-state index is 12.9. The predicted molar refractivity (Wildman–Crippen MR) is 388 cm³/mol. The van der Waals surface area contributed by atoms with E-state index in [0.717, 1.165) is 96.3 Å². The number of rotatable bonds is 67. The largest absolute Gasteiger partial charge is 0.756 e. The van der Waals surface area contributed by atoms with Crippen LogP contribution < -0.4 is 4.89 Å². The highest BCUT2D eigenvalue weighted by atomic mass is 31.2. The van der Waals surface area contributed by atoms with E-state index in [2.05, 4.69) is 148 Å². The summed E-state index contributed by atoms with van der Waals surface area (Å²) in [5, 5.41) is 0. The number of hydrogen-bond acceptors (Lipinski definition) is 8. The van der Waals surface area contributed by atoms with Crippen molar-refractivity contribution in [3.63, 3.8) is 0 Å². The Bertz CT molecular complexity index is 1980. The van der Waals surface area contributed by atoms with E-state index in [1.807, 2.05) is 21.1 Å². The molecular formula is C80H138NO8P. The molecule has 90 heavy (non-hydrogen) atoms.